The molecule has 0 unspecified atom stereocenters. The number of nitrogens with one attached hydrogen (secondary N) is 1. The standard InChI is InChI=1S/C20H27N5O2/c1-14-7-5-9-22-17(14)24-18-16(21-10-11-23-18)15-8-6-12-25(13-15)19(26)20(2,3)27-4/h5,7,9-11,15H,6,8,12-13H2,1-4H3,(H,22,23,24)/t15-/m0/s1. The predicted octanol–water partition coefficient (Wildman–Crippen LogP) is 3.05. The van der Waals surface area contributed by atoms with Crippen LogP contribution in [0.5, 0.6) is 0 Å². The van der Waals surface area contributed by atoms with E-state index in [1.807, 2.05) is 24.0 Å². The average molecular weight is 369 g/mol. The van der Waals surface area contributed by atoms with Crippen molar-refractivity contribution in [3.63, 3.8) is 0 Å². The van der Waals surface area contributed by atoms with Gasteiger partial charge in [-0.1, -0.05) is 6.07 Å². The van der Waals surface area contributed by atoms with Crippen LogP contribution in [0, 0.1) is 6.92 Å². The van der Waals surface area contributed by atoms with E-state index in [1.54, 1.807) is 39.5 Å². The minimum Gasteiger partial charge on any atom is -0.369 e. The summed E-state index contributed by atoms with van der Waals surface area (Å²) in [6.45, 7) is 6.96. The summed E-state index contributed by atoms with van der Waals surface area (Å²) in [5.74, 6) is 1.59. The van der Waals surface area contributed by atoms with Gasteiger partial charge in [-0.3, -0.25) is 9.78 Å². The van der Waals surface area contributed by atoms with Gasteiger partial charge in [-0.2, -0.15) is 0 Å². The van der Waals surface area contributed by atoms with Gasteiger partial charge in [0.1, 0.15) is 11.4 Å². The molecule has 7 nitrogen and oxygen atoms in total. The molecule has 0 aliphatic carbocycles. The maximum absolute atomic E-state index is 12.8. The summed E-state index contributed by atoms with van der Waals surface area (Å²) in [6, 6.07) is 3.90. The molecule has 0 bridgehead atoms. The van der Waals surface area contributed by atoms with E-state index in [4.69, 9.17) is 4.74 Å². The normalized spacial score (nSPS) is 17.6. The van der Waals surface area contributed by atoms with Crippen LogP contribution in [0.2, 0.25) is 0 Å². The summed E-state index contributed by atoms with van der Waals surface area (Å²) in [6.07, 6.45) is 7.01. The van der Waals surface area contributed by atoms with Crippen molar-refractivity contribution in [3.05, 3.63) is 42.0 Å². The Balaban J connectivity index is 1.82. The maximum Gasteiger partial charge on any atom is 0.254 e. The van der Waals surface area contributed by atoms with Crippen LogP contribution in [0.25, 0.3) is 0 Å². The molecular formula is C20H27N5O2. The maximum atomic E-state index is 12.8. The minimum absolute atomic E-state index is 0.00803. The van der Waals surface area contributed by atoms with Gasteiger partial charge >= 0.3 is 0 Å². The fraction of sp³-hybridized carbons (Fsp3) is 0.500. The zero-order valence-corrected chi connectivity index (χ0v) is 16.4. The van der Waals surface area contributed by atoms with E-state index in [1.165, 1.54) is 0 Å². The molecule has 2 aromatic rings. The minimum atomic E-state index is -0.823. The lowest BCUT2D eigenvalue weighted by molar-refractivity contribution is -0.152. The van der Waals surface area contributed by atoms with E-state index in [-0.39, 0.29) is 11.8 Å². The molecule has 1 fully saturated rings. The third-order valence-electron chi connectivity index (χ3n) is 5.09. The van der Waals surface area contributed by atoms with Crippen molar-refractivity contribution in [2.24, 2.45) is 0 Å². The van der Waals surface area contributed by atoms with Crippen molar-refractivity contribution in [2.75, 3.05) is 25.5 Å². The third-order valence-corrected chi connectivity index (χ3v) is 5.09. The molecule has 1 aliphatic heterocycles. The highest BCUT2D eigenvalue weighted by Crippen LogP contribution is 2.31. The Labute approximate surface area is 160 Å². The lowest BCUT2D eigenvalue weighted by Gasteiger charge is -2.37. The van der Waals surface area contributed by atoms with Crippen LogP contribution in [0.15, 0.2) is 30.7 Å². The number of ether oxygens (including phenoxy) is 1. The van der Waals surface area contributed by atoms with Crippen LogP contribution in [0.3, 0.4) is 0 Å². The van der Waals surface area contributed by atoms with E-state index in [9.17, 15) is 4.79 Å². The summed E-state index contributed by atoms with van der Waals surface area (Å²) >= 11 is 0. The van der Waals surface area contributed by atoms with Gasteiger partial charge in [-0.15, -0.1) is 0 Å². The second kappa shape index (κ2) is 8.00. The van der Waals surface area contributed by atoms with Crippen LogP contribution in [0.4, 0.5) is 11.6 Å². The number of carbonyl (C=O) groups is 1. The van der Waals surface area contributed by atoms with Gasteiger partial charge in [0, 0.05) is 44.7 Å². The molecular weight excluding hydrogens is 342 g/mol. The Bertz CT molecular complexity index is 808. The number of amides is 1. The molecule has 1 N–H and O–H groups in total. The zero-order valence-electron chi connectivity index (χ0n) is 16.4. The monoisotopic (exact) mass is 369 g/mol. The topological polar surface area (TPSA) is 80.2 Å². The number of hydrogen-bond acceptors (Lipinski definition) is 6. The highest BCUT2D eigenvalue weighted by molar-refractivity contribution is 5.84. The van der Waals surface area contributed by atoms with Gasteiger partial charge in [0.05, 0.1) is 5.69 Å². The van der Waals surface area contributed by atoms with Crippen LogP contribution in [0.1, 0.15) is 43.9 Å². The first-order valence-electron chi connectivity index (χ1n) is 9.26. The molecule has 3 rings (SSSR count). The quantitative estimate of drug-likeness (QED) is 0.872. The molecule has 3 heterocycles. The molecule has 0 spiro atoms. The van der Waals surface area contributed by atoms with E-state index >= 15 is 0 Å². The first-order valence-corrected chi connectivity index (χ1v) is 9.26. The molecule has 27 heavy (non-hydrogen) atoms. The highest BCUT2D eigenvalue weighted by atomic mass is 16.5. The lowest BCUT2D eigenvalue weighted by Crippen LogP contribution is -2.49. The second-order valence-electron chi connectivity index (χ2n) is 7.39. The first kappa shape index (κ1) is 19.2. The van der Waals surface area contributed by atoms with Gasteiger partial charge in [0.25, 0.3) is 5.91 Å². The number of likely N-dealkylation sites (tertiary alicyclic amines) is 1. The SMILES string of the molecule is COC(C)(C)C(=O)N1CCC[C@H](c2nccnc2Nc2ncccc2C)C1. The van der Waals surface area contributed by atoms with Crippen molar-refractivity contribution in [1.82, 2.24) is 19.9 Å². The molecule has 2 aromatic heterocycles. The molecule has 1 aliphatic rings. The Morgan fingerprint density at radius 2 is 1.96 bits per heavy atom. The van der Waals surface area contributed by atoms with Gasteiger partial charge in [0.15, 0.2) is 5.82 Å². The number of nitrogens with zero attached hydrogens (tertiary/aromatic N) is 4. The molecule has 144 valence electrons. The van der Waals surface area contributed by atoms with Gasteiger partial charge in [0.2, 0.25) is 0 Å². The number of carbonyl (C=O) groups excluding carboxylic acids is 1. The van der Waals surface area contributed by atoms with Gasteiger partial charge in [-0.05, 0) is 45.2 Å². The number of methoxy groups -OCH3 is 1. The molecule has 1 amide bonds. The molecule has 1 saturated heterocycles. The predicted molar refractivity (Wildman–Crippen MR) is 104 cm³/mol. The fourth-order valence-corrected chi connectivity index (χ4v) is 3.33. The summed E-state index contributed by atoms with van der Waals surface area (Å²) in [5, 5.41) is 3.31. The summed E-state index contributed by atoms with van der Waals surface area (Å²) in [5.41, 5.74) is 1.09. The third kappa shape index (κ3) is 4.24. The number of piperidine rings is 1. The van der Waals surface area contributed by atoms with Crippen molar-refractivity contribution in [2.45, 2.75) is 45.1 Å². The fourth-order valence-electron chi connectivity index (χ4n) is 3.33. The highest BCUT2D eigenvalue weighted by Gasteiger charge is 2.35. The first-order chi connectivity index (χ1) is 12.9. The Morgan fingerprint density at radius 3 is 2.70 bits per heavy atom. The number of aromatic nitrogens is 3. The number of anilines is 2. The van der Waals surface area contributed by atoms with E-state index in [0.29, 0.717) is 12.4 Å². The molecule has 0 aromatic carbocycles. The van der Waals surface area contributed by atoms with Crippen LogP contribution in [-0.4, -0.2) is 51.6 Å². The van der Waals surface area contributed by atoms with E-state index in [2.05, 4.69) is 20.3 Å². The zero-order chi connectivity index (χ0) is 19.4. The largest absolute Gasteiger partial charge is 0.369 e. The number of hydrogen-bond donors (Lipinski definition) is 1. The lowest BCUT2D eigenvalue weighted by atomic mass is 9.93. The number of pyridine rings is 1. The Hall–Kier alpha value is -2.54. The van der Waals surface area contributed by atoms with Crippen molar-refractivity contribution >= 4 is 17.5 Å². The van der Waals surface area contributed by atoms with Gasteiger partial charge < -0.3 is 15.0 Å². The number of rotatable bonds is 5. The molecule has 1 atom stereocenters. The van der Waals surface area contributed by atoms with Crippen LogP contribution in [-0.2, 0) is 9.53 Å². The second-order valence-corrected chi connectivity index (χ2v) is 7.39. The van der Waals surface area contributed by atoms with Gasteiger partial charge in [-0.25, -0.2) is 9.97 Å². The molecule has 7 heteroatoms. The molecule has 0 radical (unpaired) electrons. The Morgan fingerprint density at radius 1 is 1.22 bits per heavy atom. The average Bonchev–Trinajstić information content (AvgIpc) is 2.69. The molecule has 0 saturated carbocycles. The van der Waals surface area contributed by atoms with Crippen LogP contribution < -0.4 is 5.32 Å². The van der Waals surface area contributed by atoms with Crippen LogP contribution >= 0.6 is 0 Å². The summed E-state index contributed by atoms with van der Waals surface area (Å²) < 4.78 is 5.37. The van der Waals surface area contributed by atoms with Crippen molar-refractivity contribution in [1.29, 1.82) is 0 Å². The number of aryl methyl sites for hydroxylation is 1. The van der Waals surface area contributed by atoms with E-state index in [0.717, 1.165) is 36.5 Å². The smallest absolute Gasteiger partial charge is 0.254 e. The summed E-state index contributed by atoms with van der Waals surface area (Å²) in [7, 11) is 1.57. The Kier molecular flexibility index (Phi) is 5.70. The van der Waals surface area contributed by atoms with Crippen molar-refractivity contribution in [3.8, 4) is 0 Å². The van der Waals surface area contributed by atoms with E-state index < -0.39 is 5.60 Å². The van der Waals surface area contributed by atoms with Crippen molar-refractivity contribution < 1.29 is 9.53 Å². The summed E-state index contributed by atoms with van der Waals surface area (Å²) in [4.78, 5) is 28.1.